The van der Waals surface area contributed by atoms with Crippen molar-refractivity contribution in [1.82, 2.24) is 10.2 Å². The van der Waals surface area contributed by atoms with E-state index in [2.05, 4.69) is 24.1 Å². The maximum absolute atomic E-state index is 10.2. The van der Waals surface area contributed by atoms with Gasteiger partial charge in [0.2, 0.25) is 6.41 Å². The van der Waals surface area contributed by atoms with Crippen molar-refractivity contribution in [2.75, 3.05) is 20.6 Å². The molecule has 0 aromatic carbocycles. The van der Waals surface area contributed by atoms with Gasteiger partial charge in [0.05, 0.1) is 0 Å². The van der Waals surface area contributed by atoms with Crippen molar-refractivity contribution < 1.29 is 4.79 Å². The van der Waals surface area contributed by atoms with Crippen molar-refractivity contribution in [2.45, 2.75) is 26.3 Å². The molecule has 1 amide bonds. The molecule has 0 saturated heterocycles. The molecular weight excluding hydrogens is 152 g/mol. The zero-order valence-electron chi connectivity index (χ0n) is 8.50. The molecule has 0 bridgehead atoms. The van der Waals surface area contributed by atoms with Gasteiger partial charge in [0.25, 0.3) is 0 Å². The Morgan fingerprint density at radius 1 is 1.42 bits per heavy atom. The maximum Gasteiger partial charge on any atom is 0.207 e. The van der Waals surface area contributed by atoms with Gasteiger partial charge in [0.15, 0.2) is 0 Å². The molecule has 0 aliphatic carbocycles. The molecule has 72 valence electrons. The average Bonchev–Trinajstić information content (AvgIpc) is 1.84. The zero-order chi connectivity index (χ0) is 9.56. The first-order valence-electron chi connectivity index (χ1n) is 4.40. The van der Waals surface area contributed by atoms with Gasteiger partial charge < -0.3 is 10.2 Å². The number of likely N-dealkylation sites (N-methyl/N-ethyl adjacent to an activating group) is 1. The van der Waals surface area contributed by atoms with E-state index >= 15 is 0 Å². The number of nitrogens with one attached hydrogen (secondary N) is 1. The first-order chi connectivity index (χ1) is 5.56. The number of carbonyl (C=O) groups excluding carboxylic acids is 1. The first-order valence-corrected chi connectivity index (χ1v) is 4.40. The summed E-state index contributed by atoms with van der Waals surface area (Å²) in [6, 6.07) is 0.289. The van der Waals surface area contributed by atoms with E-state index < -0.39 is 0 Å². The Hall–Kier alpha value is -0.570. The lowest BCUT2D eigenvalue weighted by Crippen LogP contribution is -2.38. The molecule has 3 heteroatoms. The highest BCUT2D eigenvalue weighted by Crippen LogP contribution is 2.04. The predicted octanol–water partition coefficient (Wildman–Crippen LogP) is 0.709. The van der Waals surface area contributed by atoms with Crippen molar-refractivity contribution >= 4 is 6.41 Å². The van der Waals surface area contributed by atoms with Crippen LogP contribution >= 0.6 is 0 Å². The highest BCUT2D eigenvalue weighted by molar-refractivity contribution is 5.46. The third kappa shape index (κ3) is 6.16. The summed E-state index contributed by atoms with van der Waals surface area (Å²) in [6.07, 6.45) is 1.83. The fraction of sp³-hybridized carbons (Fsp3) is 0.889. The lowest BCUT2D eigenvalue weighted by atomic mass is 10.0. The summed E-state index contributed by atoms with van der Waals surface area (Å²) in [6.45, 7) is 5.24. The predicted molar refractivity (Wildman–Crippen MR) is 51.0 cm³/mol. The van der Waals surface area contributed by atoms with E-state index in [0.29, 0.717) is 5.92 Å². The van der Waals surface area contributed by atoms with Gasteiger partial charge >= 0.3 is 0 Å². The van der Waals surface area contributed by atoms with Gasteiger partial charge in [-0.1, -0.05) is 13.8 Å². The Morgan fingerprint density at radius 2 is 2.00 bits per heavy atom. The summed E-state index contributed by atoms with van der Waals surface area (Å²) in [4.78, 5) is 12.3. The Bertz CT molecular complexity index is 114. The van der Waals surface area contributed by atoms with Crippen LogP contribution in [0.2, 0.25) is 0 Å². The smallest absolute Gasteiger partial charge is 0.207 e. The quantitative estimate of drug-likeness (QED) is 0.598. The number of rotatable bonds is 6. The summed E-state index contributed by atoms with van der Waals surface area (Å²) in [7, 11) is 4.03. The Balaban J connectivity index is 3.77. The van der Waals surface area contributed by atoms with Crippen LogP contribution in [0.4, 0.5) is 0 Å². The molecule has 1 N–H and O–H groups in total. The van der Waals surface area contributed by atoms with Gasteiger partial charge in [-0.2, -0.15) is 0 Å². The van der Waals surface area contributed by atoms with Crippen LogP contribution in [0.3, 0.4) is 0 Å². The highest BCUT2D eigenvalue weighted by Gasteiger charge is 2.09. The summed E-state index contributed by atoms with van der Waals surface area (Å²) in [5, 5.41) is 2.82. The minimum Gasteiger partial charge on any atom is -0.355 e. The molecule has 0 aliphatic rings. The van der Waals surface area contributed by atoms with Crippen LogP contribution in [0.5, 0.6) is 0 Å². The Labute approximate surface area is 75.1 Å². The monoisotopic (exact) mass is 172 g/mol. The normalized spacial score (nSPS) is 13.5. The SMILES string of the molecule is CC(C)CC(CN(C)C)NC=O. The molecule has 1 unspecified atom stereocenters. The summed E-state index contributed by atoms with van der Waals surface area (Å²) in [5.41, 5.74) is 0. The number of hydrogen-bond donors (Lipinski definition) is 1. The third-order valence-corrected chi connectivity index (χ3v) is 1.65. The number of hydrogen-bond acceptors (Lipinski definition) is 2. The van der Waals surface area contributed by atoms with Crippen molar-refractivity contribution in [3.63, 3.8) is 0 Å². The van der Waals surface area contributed by atoms with Gasteiger partial charge in [-0.3, -0.25) is 4.79 Å². The van der Waals surface area contributed by atoms with Crippen LogP contribution in [0, 0.1) is 5.92 Å². The topological polar surface area (TPSA) is 32.3 Å². The van der Waals surface area contributed by atoms with E-state index in [9.17, 15) is 4.79 Å². The fourth-order valence-corrected chi connectivity index (χ4v) is 1.30. The van der Waals surface area contributed by atoms with Crippen molar-refractivity contribution in [3.8, 4) is 0 Å². The Kier molecular flexibility index (Phi) is 5.72. The number of carbonyl (C=O) groups is 1. The van der Waals surface area contributed by atoms with Crippen LogP contribution < -0.4 is 5.32 Å². The van der Waals surface area contributed by atoms with E-state index in [1.165, 1.54) is 0 Å². The van der Waals surface area contributed by atoms with E-state index in [1.54, 1.807) is 0 Å². The van der Waals surface area contributed by atoms with Gasteiger partial charge in [-0.15, -0.1) is 0 Å². The van der Waals surface area contributed by atoms with Crippen molar-refractivity contribution in [3.05, 3.63) is 0 Å². The minimum atomic E-state index is 0.289. The molecule has 1 atom stereocenters. The van der Waals surface area contributed by atoms with E-state index in [4.69, 9.17) is 0 Å². The Morgan fingerprint density at radius 3 is 2.33 bits per heavy atom. The maximum atomic E-state index is 10.2. The molecule has 0 aromatic heterocycles. The fourth-order valence-electron chi connectivity index (χ4n) is 1.30. The first kappa shape index (κ1) is 11.4. The van der Waals surface area contributed by atoms with Crippen LogP contribution in [-0.4, -0.2) is 38.0 Å². The standard InChI is InChI=1S/C9H20N2O/c1-8(2)5-9(10-7-12)6-11(3)4/h7-9H,5-6H2,1-4H3,(H,10,12). The lowest BCUT2D eigenvalue weighted by Gasteiger charge is -2.21. The molecule has 0 rings (SSSR count). The van der Waals surface area contributed by atoms with Gasteiger partial charge in [0, 0.05) is 12.6 Å². The molecular formula is C9H20N2O. The van der Waals surface area contributed by atoms with Gasteiger partial charge in [-0.25, -0.2) is 0 Å². The minimum absolute atomic E-state index is 0.289. The molecule has 0 spiro atoms. The molecule has 12 heavy (non-hydrogen) atoms. The van der Waals surface area contributed by atoms with E-state index in [-0.39, 0.29) is 6.04 Å². The average molecular weight is 172 g/mol. The van der Waals surface area contributed by atoms with Crippen LogP contribution in [-0.2, 0) is 4.79 Å². The lowest BCUT2D eigenvalue weighted by molar-refractivity contribution is -0.110. The largest absolute Gasteiger partial charge is 0.355 e. The van der Waals surface area contributed by atoms with Crippen LogP contribution in [0.1, 0.15) is 20.3 Å². The van der Waals surface area contributed by atoms with E-state index in [1.807, 2.05) is 14.1 Å². The molecule has 0 heterocycles. The molecule has 0 aromatic rings. The van der Waals surface area contributed by atoms with Crippen LogP contribution in [0.25, 0.3) is 0 Å². The second kappa shape index (κ2) is 6.00. The second-order valence-corrected chi connectivity index (χ2v) is 3.87. The number of amides is 1. The van der Waals surface area contributed by atoms with Crippen molar-refractivity contribution in [2.24, 2.45) is 5.92 Å². The second-order valence-electron chi connectivity index (χ2n) is 3.87. The van der Waals surface area contributed by atoms with Crippen LogP contribution in [0.15, 0.2) is 0 Å². The highest BCUT2D eigenvalue weighted by atomic mass is 16.1. The summed E-state index contributed by atoms with van der Waals surface area (Å²) < 4.78 is 0. The molecule has 0 aliphatic heterocycles. The summed E-state index contributed by atoms with van der Waals surface area (Å²) in [5.74, 6) is 0.627. The molecule has 0 saturated carbocycles. The summed E-state index contributed by atoms with van der Waals surface area (Å²) >= 11 is 0. The number of nitrogens with zero attached hydrogens (tertiary/aromatic N) is 1. The van der Waals surface area contributed by atoms with E-state index in [0.717, 1.165) is 19.4 Å². The molecule has 0 fully saturated rings. The van der Waals surface area contributed by atoms with Gasteiger partial charge in [0.1, 0.15) is 0 Å². The molecule has 3 nitrogen and oxygen atoms in total. The van der Waals surface area contributed by atoms with Gasteiger partial charge in [-0.05, 0) is 26.4 Å². The zero-order valence-corrected chi connectivity index (χ0v) is 8.50. The third-order valence-electron chi connectivity index (χ3n) is 1.65. The van der Waals surface area contributed by atoms with Crippen molar-refractivity contribution in [1.29, 1.82) is 0 Å². The molecule has 0 radical (unpaired) electrons.